The van der Waals surface area contributed by atoms with E-state index in [1.54, 1.807) is 0 Å². The summed E-state index contributed by atoms with van der Waals surface area (Å²) in [7, 11) is 0. The van der Waals surface area contributed by atoms with Crippen molar-refractivity contribution in [3.05, 3.63) is 0 Å². The van der Waals surface area contributed by atoms with Crippen molar-refractivity contribution in [1.82, 2.24) is 5.32 Å². The fourth-order valence-corrected chi connectivity index (χ4v) is 0.917. The normalized spacial score (nSPS) is 12.6. The summed E-state index contributed by atoms with van der Waals surface area (Å²) < 4.78 is 0. The van der Waals surface area contributed by atoms with Crippen molar-refractivity contribution >= 4 is 5.91 Å². The first-order valence-corrected chi connectivity index (χ1v) is 4.44. The van der Waals surface area contributed by atoms with E-state index in [1.165, 1.54) is 0 Å². The Morgan fingerprint density at radius 2 is 2.17 bits per heavy atom. The Labute approximate surface area is 73.7 Å². The summed E-state index contributed by atoms with van der Waals surface area (Å²) in [6.45, 7) is 3.65. The first kappa shape index (κ1) is 11.4. The molecule has 0 saturated heterocycles. The van der Waals surface area contributed by atoms with Crippen LogP contribution in [0.4, 0.5) is 0 Å². The Morgan fingerprint density at radius 1 is 1.50 bits per heavy atom. The predicted octanol–water partition coefficient (Wildman–Crippen LogP) is -0.564. The lowest BCUT2D eigenvalue weighted by molar-refractivity contribution is -0.124. The largest absolute Gasteiger partial charge is 0.356 e. The fourth-order valence-electron chi connectivity index (χ4n) is 0.917. The number of hydrogen-bond acceptors (Lipinski definition) is 3. The molecule has 1 atom stereocenters. The van der Waals surface area contributed by atoms with E-state index in [0.717, 1.165) is 12.8 Å². The SMILES string of the molecule is CCC(CN)C(=O)NCCCN. The van der Waals surface area contributed by atoms with Crippen LogP contribution in [0.1, 0.15) is 19.8 Å². The molecule has 0 saturated carbocycles. The van der Waals surface area contributed by atoms with Crippen molar-refractivity contribution in [2.75, 3.05) is 19.6 Å². The van der Waals surface area contributed by atoms with E-state index in [1.807, 2.05) is 6.92 Å². The fraction of sp³-hybridized carbons (Fsp3) is 0.875. The highest BCUT2D eigenvalue weighted by Crippen LogP contribution is 1.98. The third kappa shape index (κ3) is 4.31. The molecular weight excluding hydrogens is 154 g/mol. The van der Waals surface area contributed by atoms with E-state index in [0.29, 0.717) is 19.6 Å². The molecule has 0 rings (SSSR count). The molecule has 0 bridgehead atoms. The Morgan fingerprint density at radius 3 is 2.58 bits per heavy atom. The third-order valence-electron chi connectivity index (χ3n) is 1.83. The van der Waals surface area contributed by atoms with Crippen molar-refractivity contribution in [3.63, 3.8) is 0 Å². The molecule has 0 aliphatic carbocycles. The standard InChI is InChI=1S/C8H19N3O/c1-2-7(6-10)8(12)11-5-3-4-9/h7H,2-6,9-10H2,1H3,(H,11,12). The van der Waals surface area contributed by atoms with Gasteiger partial charge in [-0.1, -0.05) is 6.92 Å². The number of nitrogens with two attached hydrogens (primary N) is 2. The highest BCUT2D eigenvalue weighted by atomic mass is 16.1. The Kier molecular flexibility index (Phi) is 6.70. The summed E-state index contributed by atoms with van der Waals surface area (Å²) >= 11 is 0. The van der Waals surface area contributed by atoms with Crippen molar-refractivity contribution in [1.29, 1.82) is 0 Å². The maximum Gasteiger partial charge on any atom is 0.224 e. The number of rotatable bonds is 6. The van der Waals surface area contributed by atoms with Gasteiger partial charge in [0.15, 0.2) is 0 Å². The van der Waals surface area contributed by atoms with Gasteiger partial charge in [0.25, 0.3) is 0 Å². The maximum absolute atomic E-state index is 11.2. The summed E-state index contributed by atoms with van der Waals surface area (Å²) in [5.74, 6) is 0.0104. The van der Waals surface area contributed by atoms with Crippen LogP contribution in [0.5, 0.6) is 0 Å². The lowest BCUT2D eigenvalue weighted by Crippen LogP contribution is -2.35. The van der Waals surface area contributed by atoms with E-state index in [4.69, 9.17) is 11.5 Å². The number of nitrogens with one attached hydrogen (secondary N) is 1. The average Bonchev–Trinajstić information content (AvgIpc) is 2.07. The quantitative estimate of drug-likeness (QED) is 0.471. The molecule has 0 radical (unpaired) electrons. The van der Waals surface area contributed by atoms with Crippen LogP contribution in [-0.4, -0.2) is 25.5 Å². The molecule has 12 heavy (non-hydrogen) atoms. The van der Waals surface area contributed by atoms with Gasteiger partial charge in [0.05, 0.1) is 0 Å². The minimum Gasteiger partial charge on any atom is -0.356 e. The van der Waals surface area contributed by atoms with Crippen molar-refractivity contribution in [2.24, 2.45) is 17.4 Å². The van der Waals surface area contributed by atoms with Crippen molar-refractivity contribution in [3.8, 4) is 0 Å². The molecule has 0 heterocycles. The number of carbonyl (C=O) groups excluding carboxylic acids is 1. The maximum atomic E-state index is 11.2. The molecular formula is C8H19N3O. The van der Waals surface area contributed by atoms with E-state index in [-0.39, 0.29) is 11.8 Å². The molecule has 0 aliphatic rings. The van der Waals surface area contributed by atoms with E-state index >= 15 is 0 Å². The number of amides is 1. The minimum absolute atomic E-state index is 0.0391. The Hall–Kier alpha value is -0.610. The molecule has 72 valence electrons. The van der Waals surface area contributed by atoms with Crippen molar-refractivity contribution in [2.45, 2.75) is 19.8 Å². The van der Waals surface area contributed by atoms with Crippen LogP contribution >= 0.6 is 0 Å². The second-order valence-electron chi connectivity index (χ2n) is 2.77. The van der Waals surface area contributed by atoms with Gasteiger partial charge < -0.3 is 16.8 Å². The van der Waals surface area contributed by atoms with Crippen LogP contribution in [-0.2, 0) is 4.79 Å². The summed E-state index contributed by atoms with van der Waals surface area (Å²) in [6.07, 6.45) is 1.62. The van der Waals surface area contributed by atoms with E-state index < -0.39 is 0 Å². The molecule has 0 aromatic heterocycles. The van der Waals surface area contributed by atoms with Gasteiger partial charge in [0, 0.05) is 19.0 Å². The molecule has 4 heteroatoms. The van der Waals surface area contributed by atoms with Crippen molar-refractivity contribution < 1.29 is 4.79 Å². The molecule has 0 aliphatic heterocycles. The third-order valence-corrected chi connectivity index (χ3v) is 1.83. The number of hydrogen-bond donors (Lipinski definition) is 3. The van der Waals surface area contributed by atoms with Gasteiger partial charge in [-0.25, -0.2) is 0 Å². The van der Waals surface area contributed by atoms with E-state index in [2.05, 4.69) is 5.32 Å². The van der Waals surface area contributed by atoms with Gasteiger partial charge in [-0.15, -0.1) is 0 Å². The predicted molar refractivity (Wildman–Crippen MR) is 49.5 cm³/mol. The summed E-state index contributed by atoms with van der Waals surface area (Å²) in [5.41, 5.74) is 10.7. The molecule has 4 nitrogen and oxygen atoms in total. The molecule has 0 fully saturated rings. The van der Waals surface area contributed by atoms with Gasteiger partial charge in [0.1, 0.15) is 0 Å². The molecule has 5 N–H and O–H groups in total. The smallest absolute Gasteiger partial charge is 0.224 e. The first-order chi connectivity index (χ1) is 5.76. The Balaban J connectivity index is 3.54. The van der Waals surface area contributed by atoms with Crippen LogP contribution < -0.4 is 16.8 Å². The molecule has 1 unspecified atom stereocenters. The van der Waals surface area contributed by atoms with Gasteiger partial charge in [-0.05, 0) is 19.4 Å². The highest BCUT2D eigenvalue weighted by molar-refractivity contribution is 5.78. The second-order valence-corrected chi connectivity index (χ2v) is 2.77. The summed E-state index contributed by atoms with van der Waals surface area (Å²) in [5, 5.41) is 2.79. The molecule has 0 spiro atoms. The molecule has 0 aromatic carbocycles. The zero-order chi connectivity index (χ0) is 9.40. The van der Waals surface area contributed by atoms with Gasteiger partial charge >= 0.3 is 0 Å². The highest BCUT2D eigenvalue weighted by Gasteiger charge is 2.12. The van der Waals surface area contributed by atoms with Crippen LogP contribution in [0.25, 0.3) is 0 Å². The van der Waals surface area contributed by atoms with E-state index in [9.17, 15) is 4.79 Å². The number of carbonyl (C=O) groups is 1. The second kappa shape index (κ2) is 7.06. The minimum atomic E-state index is -0.0391. The lowest BCUT2D eigenvalue weighted by Gasteiger charge is -2.11. The Bertz CT molecular complexity index is 123. The zero-order valence-electron chi connectivity index (χ0n) is 7.68. The van der Waals surface area contributed by atoms with Gasteiger partial charge in [-0.2, -0.15) is 0 Å². The topological polar surface area (TPSA) is 81.1 Å². The van der Waals surface area contributed by atoms with Crippen LogP contribution in [0, 0.1) is 5.92 Å². The lowest BCUT2D eigenvalue weighted by atomic mass is 10.1. The zero-order valence-corrected chi connectivity index (χ0v) is 7.68. The summed E-state index contributed by atoms with van der Waals surface area (Å²) in [4.78, 5) is 11.2. The molecule has 0 aromatic rings. The average molecular weight is 173 g/mol. The van der Waals surface area contributed by atoms with Gasteiger partial charge in [0.2, 0.25) is 5.91 Å². The monoisotopic (exact) mass is 173 g/mol. The summed E-state index contributed by atoms with van der Waals surface area (Å²) in [6, 6.07) is 0. The first-order valence-electron chi connectivity index (χ1n) is 4.44. The van der Waals surface area contributed by atoms with Crippen LogP contribution in [0.15, 0.2) is 0 Å². The van der Waals surface area contributed by atoms with Crippen LogP contribution in [0.2, 0.25) is 0 Å². The van der Waals surface area contributed by atoms with Crippen LogP contribution in [0.3, 0.4) is 0 Å². The van der Waals surface area contributed by atoms with Gasteiger partial charge in [-0.3, -0.25) is 4.79 Å². The molecule has 1 amide bonds.